The molecule has 0 spiro atoms. The summed E-state index contributed by atoms with van der Waals surface area (Å²) in [5, 5.41) is 0. The molecule has 72 valence electrons. The fraction of sp³-hybridized carbons (Fsp3) is 1.00. The van der Waals surface area contributed by atoms with Crippen LogP contribution in [0, 0.1) is 0 Å². The maximum absolute atomic E-state index is 4.94. The Bertz CT molecular complexity index is 70.4. The van der Waals surface area contributed by atoms with Crippen LogP contribution in [0.2, 0.25) is 0 Å². The largest absolute Gasteiger partial charge is 0.638 e. The number of rotatable bonds is 3. The van der Waals surface area contributed by atoms with Crippen molar-refractivity contribution in [3.63, 3.8) is 0 Å². The molecular weight excluding hydrogens is 159 g/mol. The maximum atomic E-state index is 4.94. The summed E-state index contributed by atoms with van der Waals surface area (Å²) in [7, 11) is 4.02. The Morgan fingerprint density at radius 2 is 1.33 bits per heavy atom. The van der Waals surface area contributed by atoms with Gasteiger partial charge in [-0.3, -0.25) is 0 Å². The second-order valence-electron chi connectivity index (χ2n) is 2.32. The highest BCUT2D eigenvalue weighted by Gasteiger charge is 2.12. The van der Waals surface area contributed by atoms with Crippen LogP contribution in [-0.4, -0.2) is 41.9 Å². The van der Waals surface area contributed by atoms with Gasteiger partial charge in [-0.25, -0.2) is 0 Å². The van der Waals surface area contributed by atoms with Crippen molar-refractivity contribution in [1.29, 1.82) is 0 Å². The second kappa shape index (κ2) is 9.00. The van der Waals surface area contributed by atoms with E-state index in [4.69, 9.17) is 4.74 Å². The van der Waals surface area contributed by atoms with Gasteiger partial charge in [0.25, 0.3) is 0 Å². The molecule has 0 unspecified atom stereocenters. The first kappa shape index (κ1) is 11.9. The lowest BCUT2D eigenvalue weighted by molar-refractivity contribution is 0.163. The molecule has 0 bridgehead atoms. The van der Waals surface area contributed by atoms with Gasteiger partial charge in [0, 0.05) is 34.5 Å². The van der Waals surface area contributed by atoms with E-state index in [1.165, 1.54) is 34.2 Å². The fourth-order valence-electron chi connectivity index (χ4n) is 0.799. The lowest BCUT2D eigenvalue weighted by Gasteiger charge is -2.01. The molecular formula is C7H17BO4. The first-order valence-electron chi connectivity index (χ1n) is 4.01. The molecule has 0 N–H and O–H groups in total. The molecule has 12 heavy (non-hydrogen) atoms. The van der Waals surface area contributed by atoms with Crippen molar-refractivity contribution >= 4 is 7.32 Å². The van der Waals surface area contributed by atoms with Crippen molar-refractivity contribution in [2.24, 2.45) is 0 Å². The molecule has 0 amide bonds. The Hall–Kier alpha value is -0.0951. The number of hydrogen-bond donors (Lipinski definition) is 0. The van der Waals surface area contributed by atoms with Gasteiger partial charge in [-0.05, 0) is 12.8 Å². The Morgan fingerprint density at radius 3 is 1.42 bits per heavy atom. The zero-order chi connectivity index (χ0) is 9.23. The van der Waals surface area contributed by atoms with Crippen LogP contribution in [0.25, 0.3) is 0 Å². The van der Waals surface area contributed by atoms with Gasteiger partial charge >= 0.3 is 7.32 Å². The van der Waals surface area contributed by atoms with Gasteiger partial charge in [-0.1, -0.05) is 0 Å². The maximum Gasteiger partial charge on any atom is 0.638 e. The molecule has 1 fully saturated rings. The molecule has 1 aliphatic heterocycles. The molecule has 0 radical (unpaired) electrons. The minimum Gasteiger partial charge on any atom is -0.389 e. The summed E-state index contributed by atoms with van der Waals surface area (Å²) >= 11 is 0. The van der Waals surface area contributed by atoms with Crippen LogP contribution in [0.15, 0.2) is 0 Å². The SMILES string of the molecule is C1CCOC1.COB(OC)OC. The average Bonchev–Trinajstić information content (AvgIpc) is 2.64. The Labute approximate surface area is 74.3 Å². The van der Waals surface area contributed by atoms with E-state index in [1.807, 2.05) is 0 Å². The van der Waals surface area contributed by atoms with Crippen LogP contribution in [0.5, 0.6) is 0 Å². The van der Waals surface area contributed by atoms with E-state index in [1.54, 1.807) is 0 Å². The lowest BCUT2D eigenvalue weighted by atomic mass is 10.2. The van der Waals surface area contributed by atoms with Gasteiger partial charge in [-0.15, -0.1) is 0 Å². The molecule has 0 aromatic carbocycles. The summed E-state index contributed by atoms with van der Waals surface area (Å²) in [5.41, 5.74) is 0. The van der Waals surface area contributed by atoms with Gasteiger partial charge in [0.15, 0.2) is 0 Å². The predicted octanol–water partition coefficient (Wildman–Crippen LogP) is 0.707. The molecule has 0 aliphatic carbocycles. The van der Waals surface area contributed by atoms with Crippen molar-refractivity contribution in [1.82, 2.24) is 0 Å². The zero-order valence-electron chi connectivity index (χ0n) is 8.04. The van der Waals surface area contributed by atoms with E-state index in [-0.39, 0.29) is 0 Å². The summed E-state index contributed by atoms with van der Waals surface area (Å²) in [5.74, 6) is 0. The highest BCUT2D eigenvalue weighted by Crippen LogP contribution is 1.98. The summed E-state index contributed by atoms with van der Waals surface area (Å²) < 4.78 is 18.8. The van der Waals surface area contributed by atoms with Gasteiger partial charge in [0.2, 0.25) is 0 Å². The van der Waals surface area contributed by atoms with Crippen LogP contribution in [-0.2, 0) is 18.7 Å². The quantitative estimate of drug-likeness (QED) is 0.593. The van der Waals surface area contributed by atoms with E-state index in [0.29, 0.717) is 0 Å². The highest BCUT2D eigenvalue weighted by atomic mass is 16.7. The molecule has 0 aromatic rings. The molecule has 5 heteroatoms. The molecule has 0 atom stereocenters. The van der Waals surface area contributed by atoms with E-state index in [2.05, 4.69) is 14.0 Å². The van der Waals surface area contributed by atoms with Crippen LogP contribution in [0.3, 0.4) is 0 Å². The molecule has 4 nitrogen and oxygen atoms in total. The number of hydrogen-bond acceptors (Lipinski definition) is 4. The van der Waals surface area contributed by atoms with Crippen LogP contribution in [0.1, 0.15) is 12.8 Å². The third-order valence-electron chi connectivity index (χ3n) is 1.40. The van der Waals surface area contributed by atoms with Gasteiger partial charge in [0.05, 0.1) is 0 Å². The third-order valence-corrected chi connectivity index (χ3v) is 1.40. The van der Waals surface area contributed by atoms with E-state index < -0.39 is 7.32 Å². The third kappa shape index (κ3) is 6.60. The van der Waals surface area contributed by atoms with Crippen molar-refractivity contribution in [2.45, 2.75) is 12.8 Å². The Balaban J connectivity index is 0.000000211. The van der Waals surface area contributed by atoms with Gasteiger partial charge < -0.3 is 18.7 Å². The lowest BCUT2D eigenvalue weighted by Crippen LogP contribution is -2.21. The van der Waals surface area contributed by atoms with Crippen molar-refractivity contribution < 1.29 is 18.7 Å². The Morgan fingerprint density at radius 1 is 0.917 bits per heavy atom. The van der Waals surface area contributed by atoms with Crippen molar-refractivity contribution in [3.8, 4) is 0 Å². The monoisotopic (exact) mass is 176 g/mol. The van der Waals surface area contributed by atoms with Gasteiger partial charge in [-0.2, -0.15) is 0 Å². The number of ether oxygens (including phenoxy) is 1. The van der Waals surface area contributed by atoms with E-state index in [9.17, 15) is 0 Å². The molecule has 1 rings (SSSR count). The molecule has 0 saturated carbocycles. The van der Waals surface area contributed by atoms with Crippen molar-refractivity contribution in [3.05, 3.63) is 0 Å². The average molecular weight is 176 g/mol. The van der Waals surface area contributed by atoms with Crippen LogP contribution >= 0.6 is 0 Å². The van der Waals surface area contributed by atoms with E-state index in [0.717, 1.165) is 13.2 Å². The Kier molecular flexibility index (Phi) is 8.93. The summed E-state index contributed by atoms with van der Waals surface area (Å²) in [6, 6.07) is 0. The summed E-state index contributed by atoms with van der Waals surface area (Å²) in [4.78, 5) is 0. The summed E-state index contributed by atoms with van der Waals surface area (Å²) in [6.45, 7) is 2.00. The zero-order valence-corrected chi connectivity index (χ0v) is 8.04. The second-order valence-corrected chi connectivity index (χ2v) is 2.32. The topological polar surface area (TPSA) is 36.9 Å². The normalized spacial score (nSPS) is 15.2. The standard InChI is InChI=1S/C4H8O.C3H9BO3/c1-2-4-5-3-1;1-5-4(6-2)7-3/h1-4H2;1-3H3. The highest BCUT2D eigenvalue weighted by molar-refractivity contribution is 6.36. The smallest absolute Gasteiger partial charge is 0.389 e. The molecule has 1 saturated heterocycles. The van der Waals surface area contributed by atoms with Crippen LogP contribution in [0.4, 0.5) is 0 Å². The summed E-state index contributed by atoms with van der Waals surface area (Å²) in [6.07, 6.45) is 2.56. The minimum absolute atomic E-state index is 0.514. The molecule has 1 aliphatic rings. The van der Waals surface area contributed by atoms with Gasteiger partial charge in [0.1, 0.15) is 0 Å². The predicted molar refractivity (Wildman–Crippen MR) is 46.8 cm³/mol. The fourth-order valence-corrected chi connectivity index (χ4v) is 0.799. The van der Waals surface area contributed by atoms with E-state index >= 15 is 0 Å². The minimum atomic E-state index is -0.514. The van der Waals surface area contributed by atoms with Crippen molar-refractivity contribution in [2.75, 3.05) is 34.5 Å². The molecule has 0 aromatic heterocycles. The van der Waals surface area contributed by atoms with Crippen LogP contribution < -0.4 is 0 Å². The first-order valence-corrected chi connectivity index (χ1v) is 4.01. The first-order chi connectivity index (χ1) is 5.85. The molecule has 1 heterocycles.